The Balaban J connectivity index is 1.48. The van der Waals surface area contributed by atoms with E-state index in [-0.39, 0.29) is 39.8 Å². The highest BCUT2D eigenvalue weighted by Crippen LogP contribution is 2.40. The van der Waals surface area contributed by atoms with Crippen molar-refractivity contribution >= 4 is 34.8 Å². The third-order valence-corrected chi connectivity index (χ3v) is 6.00. The molecule has 0 aromatic heterocycles. The van der Waals surface area contributed by atoms with Crippen molar-refractivity contribution < 1.29 is 42.1 Å². The van der Waals surface area contributed by atoms with Gasteiger partial charge in [0.05, 0.1) is 22.6 Å². The molecule has 5 rings (SSSR count). The second kappa shape index (κ2) is 10.1. The molecule has 1 heterocycles. The molecule has 0 saturated heterocycles. The van der Waals surface area contributed by atoms with Gasteiger partial charge in [0.1, 0.15) is 17.3 Å². The van der Waals surface area contributed by atoms with E-state index in [9.17, 15) is 32.3 Å². The first-order valence-electron chi connectivity index (χ1n) is 11.5. The Morgan fingerprint density at radius 3 is 2.35 bits per heavy atom. The topological polar surface area (TPSA) is 111 Å². The zero-order valence-corrected chi connectivity index (χ0v) is 20.1. The summed E-state index contributed by atoms with van der Waals surface area (Å²) >= 11 is 0. The predicted molar refractivity (Wildman–Crippen MR) is 137 cm³/mol. The molecule has 4 aromatic carbocycles. The molecule has 0 aliphatic carbocycles. The third kappa shape index (κ3) is 4.89. The van der Waals surface area contributed by atoms with Crippen LogP contribution in [0.5, 0.6) is 11.5 Å². The molecule has 0 unspecified atom stereocenters. The first-order chi connectivity index (χ1) is 19.0. The van der Waals surface area contributed by atoms with Crippen LogP contribution in [0, 0.1) is 5.82 Å². The Kier molecular flexibility index (Phi) is 6.59. The molecular formula is C28H17F4N3O5. The van der Waals surface area contributed by atoms with Gasteiger partial charge in [-0.2, -0.15) is 18.3 Å². The van der Waals surface area contributed by atoms with E-state index >= 15 is 0 Å². The van der Waals surface area contributed by atoms with Crippen molar-refractivity contribution in [2.45, 2.75) is 6.18 Å². The molecule has 40 heavy (non-hydrogen) atoms. The van der Waals surface area contributed by atoms with Gasteiger partial charge in [-0.15, -0.1) is 0 Å². The van der Waals surface area contributed by atoms with Crippen molar-refractivity contribution in [2.75, 3.05) is 10.3 Å². The SMILES string of the molecule is O=C(O)Oc1cccc(-c2cccc(NN=C3C(=O)N(c4ccc(C(F)(F)F)cc4F)c4ccccc43)c2O)c1. The number of hydrazone groups is 1. The molecule has 0 saturated carbocycles. The second-order valence-corrected chi connectivity index (χ2v) is 8.49. The maximum atomic E-state index is 14.8. The Morgan fingerprint density at radius 1 is 0.900 bits per heavy atom. The van der Waals surface area contributed by atoms with Crippen molar-refractivity contribution in [3.05, 3.63) is 102 Å². The molecule has 8 nitrogen and oxygen atoms in total. The summed E-state index contributed by atoms with van der Waals surface area (Å²) in [6.45, 7) is 0. The van der Waals surface area contributed by atoms with Gasteiger partial charge in [-0.1, -0.05) is 42.5 Å². The van der Waals surface area contributed by atoms with E-state index in [1.807, 2.05) is 0 Å². The molecule has 1 aliphatic heterocycles. The Bertz CT molecular complexity index is 1690. The quantitative estimate of drug-likeness (QED) is 0.0830. The number of carbonyl (C=O) groups is 2. The molecule has 0 fully saturated rings. The number of phenolic OH excluding ortho intramolecular Hbond substituents is 1. The van der Waals surface area contributed by atoms with E-state index in [4.69, 9.17) is 5.11 Å². The van der Waals surface area contributed by atoms with Crippen LogP contribution in [0.1, 0.15) is 11.1 Å². The van der Waals surface area contributed by atoms with Crippen LogP contribution < -0.4 is 15.1 Å². The number of carbonyl (C=O) groups excluding carboxylic acids is 1. The van der Waals surface area contributed by atoms with E-state index < -0.39 is 29.6 Å². The lowest BCUT2D eigenvalue weighted by Crippen LogP contribution is -2.27. The van der Waals surface area contributed by atoms with E-state index in [0.29, 0.717) is 23.3 Å². The fraction of sp³-hybridized carbons (Fsp3) is 0.0357. The van der Waals surface area contributed by atoms with Gasteiger partial charge in [0.2, 0.25) is 0 Å². The van der Waals surface area contributed by atoms with E-state index in [2.05, 4.69) is 15.3 Å². The molecule has 4 aromatic rings. The molecule has 0 bridgehead atoms. The smallest absolute Gasteiger partial charge is 0.505 e. The summed E-state index contributed by atoms with van der Waals surface area (Å²) in [4.78, 5) is 25.1. The summed E-state index contributed by atoms with van der Waals surface area (Å²) < 4.78 is 58.6. The van der Waals surface area contributed by atoms with Crippen LogP contribution in [0.25, 0.3) is 11.1 Å². The van der Waals surface area contributed by atoms with Crippen LogP contribution in [-0.4, -0.2) is 28.0 Å². The molecule has 3 N–H and O–H groups in total. The fourth-order valence-electron chi connectivity index (χ4n) is 4.22. The number of ether oxygens (including phenoxy) is 1. The number of aromatic hydroxyl groups is 1. The summed E-state index contributed by atoms with van der Waals surface area (Å²) in [7, 11) is 0. The van der Waals surface area contributed by atoms with Crippen LogP contribution in [0.3, 0.4) is 0 Å². The van der Waals surface area contributed by atoms with Crippen LogP contribution in [0.15, 0.2) is 90.0 Å². The van der Waals surface area contributed by atoms with Gasteiger partial charge >= 0.3 is 12.3 Å². The minimum Gasteiger partial charge on any atom is -0.505 e. The third-order valence-electron chi connectivity index (χ3n) is 6.00. The number of rotatable bonds is 5. The standard InChI is InChI=1S/C28H17F4N3O5/c29-20-14-16(28(30,31)32)11-12-23(20)35-22-10-2-1-7-19(22)24(26(35)37)34-33-21-9-4-8-18(25(21)36)15-5-3-6-17(13-15)40-27(38)39/h1-14,33,36H,(H,38,39). The molecule has 12 heteroatoms. The van der Waals surface area contributed by atoms with Crippen LogP contribution in [0.4, 0.5) is 39.4 Å². The highest BCUT2D eigenvalue weighted by atomic mass is 19.4. The molecule has 0 radical (unpaired) electrons. The first-order valence-corrected chi connectivity index (χ1v) is 11.5. The van der Waals surface area contributed by atoms with Crippen LogP contribution >= 0.6 is 0 Å². The van der Waals surface area contributed by atoms with Gasteiger partial charge in [0.15, 0.2) is 5.71 Å². The normalized spacial score (nSPS) is 13.8. The van der Waals surface area contributed by atoms with E-state index in [1.165, 1.54) is 30.3 Å². The summed E-state index contributed by atoms with van der Waals surface area (Å²) in [5.74, 6) is -2.29. The fourth-order valence-corrected chi connectivity index (χ4v) is 4.22. The van der Waals surface area contributed by atoms with Gasteiger partial charge in [-0.25, -0.2) is 9.18 Å². The molecule has 1 amide bonds. The number of fused-ring (bicyclic) bond motifs is 1. The highest BCUT2D eigenvalue weighted by Gasteiger charge is 2.38. The van der Waals surface area contributed by atoms with Crippen molar-refractivity contribution in [1.29, 1.82) is 0 Å². The average molecular weight is 551 g/mol. The maximum Gasteiger partial charge on any atom is 0.511 e. The van der Waals surface area contributed by atoms with E-state index in [1.54, 1.807) is 36.4 Å². The zero-order chi connectivity index (χ0) is 28.6. The number of benzene rings is 4. The van der Waals surface area contributed by atoms with Gasteiger partial charge in [-0.05, 0) is 48.0 Å². The zero-order valence-electron chi connectivity index (χ0n) is 20.1. The molecule has 1 aliphatic rings. The number of hydrogen-bond acceptors (Lipinski definition) is 6. The largest absolute Gasteiger partial charge is 0.511 e. The summed E-state index contributed by atoms with van der Waals surface area (Å²) in [5.41, 5.74) is 2.18. The summed E-state index contributed by atoms with van der Waals surface area (Å²) in [6.07, 6.45) is -6.26. The monoisotopic (exact) mass is 551 g/mol. The summed E-state index contributed by atoms with van der Waals surface area (Å²) in [5, 5.41) is 23.9. The lowest BCUT2D eigenvalue weighted by Gasteiger charge is -2.18. The van der Waals surface area contributed by atoms with Crippen molar-refractivity contribution in [3.8, 4) is 22.6 Å². The average Bonchev–Trinajstić information content (AvgIpc) is 3.18. The number of phenols is 1. The number of nitrogens with zero attached hydrogens (tertiary/aromatic N) is 2. The van der Waals surface area contributed by atoms with E-state index in [0.717, 1.165) is 11.0 Å². The number of amides is 1. The minimum absolute atomic E-state index is 0.0340. The predicted octanol–water partition coefficient (Wildman–Crippen LogP) is 6.77. The van der Waals surface area contributed by atoms with Crippen LogP contribution in [0.2, 0.25) is 0 Å². The van der Waals surface area contributed by atoms with Gasteiger partial charge in [0.25, 0.3) is 5.91 Å². The Hall–Kier alpha value is -5.39. The number of para-hydroxylation sites is 2. The Labute approximate surface area is 223 Å². The minimum atomic E-state index is -4.76. The number of halogens is 4. The number of anilines is 3. The lowest BCUT2D eigenvalue weighted by atomic mass is 10.0. The number of hydrogen-bond donors (Lipinski definition) is 3. The molecular weight excluding hydrogens is 534 g/mol. The van der Waals surface area contributed by atoms with Gasteiger partial charge in [0, 0.05) is 11.1 Å². The molecule has 202 valence electrons. The van der Waals surface area contributed by atoms with Gasteiger partial charge < -0.3 is 14.9 Å². The maximum absolute atomic E-state index is 14.8. The highest BCUT2D eigenvalue weighted by molar-refractivity contribution is 6.55. The second-order valence-electron chi connectivity index (χ2n) is 8.49. The van der Waals surface area contributed by atoms with Gasteiger partial charge in [-0.3, -0.25) is 15.1 Å². The van der Waals surface area contributed by atoms with Crippen molar-refractivity contribution in [3.63, 3.8) is 0 Å². The van der Waals surface area contributed by atoms with Crippen LogP contribution in [-0.2, 0) is 11.0 Å². The number of nitrogens with one attached hydrogen (secondary N) is 1. The summed E-state index contributed by atoms with van der Waals surface area (Å²) in [6, 6.07) is 18.7. The first kappa shape index (κ1) is 26.2. The Morgan fingerprint density at radius 2 is 1.62 bits per heavy atom. The molecule has 0 atom stereocenters. The van der Waals surface area contributed by atoms with Crippen molar-refractivity contribution in [1.82, 2.24) is 0 Å². The number of alkyl halides is 3. The lowest BCUT2D eigenvalue weighted by molar-refractivity contribution is -0.137. The molecule has 0 spiro atoms. The van der Waals surface area contributed by atoms with Crippen molar-refractivity contribution in [2.24, 2.45) is 5.10 Å². The number of carboxylic acid groups (broad SMARTS) is 1.